The Balaban J connectivity index is 1.92. The highest BCUT2D eigenvalue weighted by Gasteiger charge is 2.26. The summed E-state index contributed by atoms with van der Waals surface area (Å²) in [7, 11) is 0. The Morgan fingerprint density at radius 2 is 2.12 bits per heavy atom. The third-order valence-electron chi connectivity index (χ3n) is 4.47. The van der Waals surface area contributed by atoms with E-state index in [1.807, 2.05) is 0 Å². The molecule has 24 heavy (non-hydrogen) atoms. The number of amides is 1. The molecule has 1 aliphatic rings. The van der Waals surface area contributed by atoms with Crippen LogP contribution in [0.25, 0.3) is 0 Å². The van der Waals surface area contributed by atoms with Gasteiger partial charge in [-0.1, -0.05) is 42.6 Å². The molecule has 1 aliphatic carbocycles. The molecule has 1 N–H and O–H groups in total. The number of carbonyl (C=O) groups excluding carboxylic acids is 1. The summed E-state index contributed by atoms with van der Waals surface area (Å²) < 4.78 is 0. The van der Waals surface area contributed by atoms with Crippen molar-refractivity contribution in [2.45, 2.75) is 32.6 Å². The third kappa shape index (κ3) is 3.17. The quantitative estimate of drug-likeness (QED) is 0.744. The van der Waals surface area contributed by atoms with Gasteiger partial charge in [0, 0.05) is 4.88 Å². The number of rotatable bonds is 3. The van der Waals surface area contributed by atoms with E-state index in [9.17, 15) is 10.1 Å². The number of nitrogens with one attached hydrogen (secondary N) is 1. The lowest BCUT2D eigenvalue weighted by Crippen LogP contribution is -2.13. The van der Waals surface area contributed by atoms with E-state index in [0.717, 1.165) is 31.2 Å². The molecular formula is C18H16Cl2N2OS. The Hall–Kier alpha value is -1.54. The molecule has 1 atom stereocenters. The van der Waals surface area contributed by atoms with Crippen LogP contribution in [0.3, 0.4) is 0 Å². The van der Waals surface area contributed by atoms with Crippen molar-refractivity contribution in [3.8, 4) is 6.07 Å². The first kappa shape index (κ1) is 17.3. The summed E-state index contributed by atoms with van der Waals surface area (Å²) in [4.78, 5) is 13.8. The number of carbonyl (C=O) groups is 1. The highest BCUT2D eigenvalue weighted by atomic mass is 35.5. The van der Waals surface area contributed by atoms with E-state index in [1.54, 1.807) is 18.2 Å². The largest absolute Gasteiger partial charge is 0.312 e. The smallest absolute Gasteiger partial charge is 0.259 e. The molecule has 1 heterocycles. The molecule has 0 saturated heterocycles. The van der Waals surface area contributed by atoms with E-state index in [0.29, 0.717) is 26.5 Å². The van der Waals surface area contributed by atoms with Crippen molar-refractivity contribution in [3.05, 3.63) is 49.8 Å². The molecule has 0 fully saturated rings. The minimum absolute atomic E-state index is 0.238. The molecule has 0 aliphatic heterocycles. The first-order chi connectivity index (χ1) is 11.5. The van der Waals surface area contributed by atoms with E-state index in [4.69, 9.17) is 23.2 Å². The Bertz CT molecular complexity index is 818. The Kier molecular flexibility index (Phi) is 5.15. The number of nitriles is 1. The minimum atomic E-state index is -0.382. The molecule has 3 nitrogen and oxygen atoms in total. The summed E-state index contributed by atoms with van der Waals surface area (Å²) in [5.74, 6) is 0.275. The summed E-state index contributed by atoms with van der Waals surface area (Å²) in [6, 6.07) is 7.19. The van der Waals surface area contributed by atoms with Crippen LogP contribution >= 0.6 is 34.5 Å². The zero-order valence-electron chi connectivity index (χ0n) is 13.2. The fraction of sp³-hybridized carbons (Fsp3) is 0.333. The van der Waals surface area contributed by atoms with E-state index in [-0.39, 0.29) is 11.5 Å². The van der Waals surface area contributed by atoms with Gasteiger partial charge in [0.25, 0.3) is 5.91 Å². The van der Waals surface area contributed by atoms with Gasteiger partial charge in [0.1, 0.15) is 11.1 Å². The van der Waals surface area contributed by atoms with Crippen LogP contribution < -0.4 is 5.32 Å². The first-order valence-corrected chi connectivity index (χ1v) is 9.42. The fourth-order valence-corrected chi connectivity index (χ4v) is 4.97. The number of hydrogen-bond acceptors (Lipinski definition) is 3. The normalized spacial score (nSPS) is 16.3. The number of nitrogens with zero attached hydrogens (tertiary/aromatic N) is 1. The van der Waals surface area contributed by atoms with Crippen molar-refractivity contribution >= 4 is 45.4 Å². The maximum Gasteiger partial charge on any atom is 0.259 e. The van der Waals surface area contributed by atoms with Crippen molar-refractivity contribution in [2.24, 2.45) is 5.92 Å². The first-order valence-electron chi connectivity index (χ1n) is 7.85. The molecule has 1 aromatic heterocycles. The second-order valence-corrected chi connectivity index (χ2v) is 7.81. The van der Waals surface area contributed by atoms with Gasteiger partial charge in [-0.05, 0) is 42.9 Å². The summed E-state index contributed by atoms with van der Waals surface area (Å²) in [5, 5.41) is 13.6. The number of fused-ring (bicyclic) bond motifs is 1. The summed E-state index contributed by atoms with van der Waals surface area (Å²) in [6.07, 6.45) is 4.11. The summed E-state index contributed by atoms with van der Waals surface area (Å²) in [5.41, 5.74) is 1.91. The number of thiophene rings is 1. The third-order valence-corrected chi connectivity index (χ3v) is 6.27. The molecule has 2 aromatic rings. The molecule has 0 spiro atoms. The highest BCUT2D eigenvalue weighted by molar-refractivity contribution is 7.16. The average Bonchev–Trinajstić information content (AvgIpc) is 2.90. The van der Waals surface area contributed by atoms with E-state index < -0.39 is 0 Å². The molecule has 1 aromatic carbocycles. The fourth-order valence-electron chi connectivity index (χ4n) is 3.09. The molecule has 0 saturated carbocycles. The van der Waals surface area contributed by atoms with Crippen LogP contribution in [0.5, 0.6) is 0 Å². The van der Waals surface area contributed by atoms with Gasteiger partial charge in [0.2, 0.25) is 0 Å². The van der Waals surface area contributed by atoms with Gasteiger partial charge in [0.15, 0.2) is 0 Å². The Labute approximate surface area is 155 Å². The average molecular weight is 379 g/mol. The van der Waals surface area contributed by atoms with Crippen LogP contribution in [0.1, 0.15) is 46.1 Å². The molecule has 0 unspecified atom stereocenters. The van der Waals surface area contributed by atoms with Crippen molar-refractivity contribution in [2.75, 3.05) is 5.32 Å². The van der Waals surface area contributed by atoms with E-state index >= 15 is 0 Å². The van der Waals surface area contributed by atoms with Gasteiger partial charge in [-0.3, -0.25) is 4.79 Å². The predicted molar refractivity (Wildman–Crippen MR) is 99.3 cm³/mol. The van der Waals surface area contributed by atoms with Crippen molar-refractivity contribution in [1.29, 1.82) is 5.26 Å². The summed E-state index contributed by atoms with van der Waals surface area (Å²) in [6.45, 7) is 2.19. The topological polar surface area (TPSA) is 52.9 Å². The molecule has 1 amide bonds. The molecule has 124 valence electrons. The van der Waals surface area contributed by atoms with Crippen LogP contribution in [-0.4, -0.2) is 5.91 Å². The lowest BCUT2D eigenvalue weighted by Gasteiger charge is -2.20. The molecule has 0 bridgehead atoms. The van der Waals surface area contributed by atoms with Gasteiger partial charge in [-0.2, -0.15) is 5.26 Å². The monoisotopic (exact) mass is 378 g/mol. The van der Waals surface area contributed by atoms with Gasteiger partial charge in [-0.15, -0.1) is 11.3 Å². The second kappa shape index (κ2) is 7.14. The SMILES string of the molecule is CC[C@@H]1CCc2c(sc(NC(=O)c3c(Cl)cccc3Cl)c2C#N)C1. The van der Waals surface area contributed by atoms with Gasteiger partial charge < -0.3 is 5.32 Å². The zero-order chi connectivity index (χ0) is 17.3. The second-order valence-electron chi connectivity index (χ2n) is 5.89. The lowest BCUT2D eigenvalue weighted by atomic mass is 9.86. The number of hydrogen-bond donors (Lipinski definition) is 1. The number of anilines is 1. The lowest BCUT2D eigenvalue weighted by molar-refractivity contribution is 0.102. The van der Waals surface area contributed by atoms with Crippen LogP contribution in [0.15, 0.2) is 18.2 Å². The minimum Gasteiger partial charge on any atom is -0.312 e. The van der Waals surface area contributed by atoms with E-state index in [1.165, 1.54) is 16.2 Å². The number of benzene rings is 1. The van der Waals surface area contributed by atoms with E-state index in [2.05, 4.69) is 18.3 Å². The van der Waals surface area contributed by atoms with Crippen molar-refractivity contribution in [1.82, 2.24) is 0 Å². The highest BCUT2D eigenvalue weighted by Crippen LogP contribution is 2.40. The van der Waals surface area contributed by atoms with Gasteiger partial charge in [0.05, 0.1) is 21.2 Å². The Morgan fingerprint density at radius 3 is 2.75 bits per heavy atom. The molecule has 0 radical (unpaired) electrons. The summed E-state index contributed by atoms with van der Waals surface area (Å²) >= 11 is 13.7. The van der Waals surface area contributed by atoms with Crippen LogP contribution in [0.2, 0.25) is 10.0 Å². The maximum atomic E-state index is 12.6. The molecule has 3 rings (SSSR count). The van der Waals surface area contributed by atoms with Crippen LogP contribution in [-0.2, 0) is 12.8 Å². The molecule has 6 heteroatoms. The van der Waals surface area contributed by atoms with Crippen LogP contribution in [0.4, 0.5) is 5.00 Å². The zero-order valence-corrected chi connectivity index (χ0v) is 15.5. The standard InChI is InChI=1S/C18H16Cl2N2OS/c1-2-10-6-7-11-12(9-21)18(24-15(11)8-10)22-17(23)16-13(19)4-3-5-14(16)20/h3-5,10H,2,6-8H2,1H3,(H,22,23)/t10-/m1/s1. The molecular weight excluding hydrogens is 363 g/mol. The van der Waals surface area contributed by atoms with Gasteiger partial charge in [-0.25, -0.2) is 0 Å². The van der Waals surface area contributed by atoms with Crippen molar-refractivity contribution < 1.29 is 4.79 Å². The Morgan fingerprint density at radius 1 is 1.42 bits per heavy atom. The predicted octanol–water partition coefficient (Wildman–Crippen LogP) is 5.69. The number of halogens is 2. The van der Waals surface area contributed by atoms with Crippen molar-refractivity contribution in [3.63, 3.8) is 0 Å². The van der Waals surface area contributed by atoms with Crippen LogP contribution in [0, 0.1) is 17.2 Å². The van der Waals surface area contributed by atoms with Gasteiger partial charge >= 0.3 is 0 Å². The maximum absolute atomic E-state index is 12.6.